The topological polar surface area (TPSA) is 49.4 Å². The maximum absolute atomic E-state index is 13.1. The van der Waals surface area contributed by atoms with Crippen molar-refractivity contribution in [2.45, 2.75) is 38.8 Å². The van der Waals surface area contributed by atoms with Gasteiger partial charge in [0.1, 0.15) is 6.04 Å². The number of anilines is 1. The number of likely N-dealkylation sites (tertiary alicyclic amines) is 1. The molecule has 1 aliphatic heterocycles. The van der Waals surface area contributed by atoms with Crippen molar-refractivity contribution >= 4 is 17.5 Å². The van der Waals surface area contributed by atoms with Gasteiger partial charge in [0.05, 0.1) is 6.42 Å². The third-order valence-corrected chi connectivity index (χ3v) is 3.48. The van der Waals surface area contributed by atoms with Crippen LogP contribution in [0.2, 0.25) is 0 Å². The van der Waals surface area contributed by atoms with Crippen LogP contribution in [0.25, 0.3) is 0 Å². The number of hydrogen-bond acceptors (Lipinski definition) is 3. The number of benzene rings is 1. The van der Waals surface area contributed by atoms with Crippen LogP contribution >= 0.6 is 0 Å². The summed E-state index contributed by atoms with van der Waals surface area (Å²) in [5, 5.41) is 2.78. The second-order valence-electron chi connectivity index (χ2n) is 4.89. The van der Waals surface area contributed by atoms with E-state index in [-0.39, 0.29) is 30.0 Å². The van der Waals surface area contributed by atoms with E-state index in [1.165, 1.54) is 11.0 Å². The van der Waals surface area contributed by atoms with Crippen molar-refractivity contribution in [3.63, 3.8) is 0 Å². The molecule has 4 nitrogen and oxygen atoms in total. The minimum atomic E-state index is -0.995. The monoisotopic (exact) mass is 282 g/mol. The highest BCUT2D eigenvalue weighted by Crippen LogP contribution is 2.22. The second kappa shape index (κ2) is 5.56. The molecule has 0 aliphatic carbocycles. The molecular weight excluding hydrogens is 266 g/mol. The van der Waals surface area contributed by atoms with E-state index in [0.717, 1.165) is 12.1 Å². The van der Waals surface area contributed by atoms with E-state index in [1.54, 1.807) is 6.92 Å². The van der Waals surface area contributed by atoms with Crippen LogP contribution in [0.3, 0.4) is 0 Å². The van der Waals surface area contributed by atoms with E-state index in [9.17, 15) is 18.4 Å². The molecule has 20 heavy (non-hydrogen) atoms. The van der Waals surface area contributed by atoms with Gasteiger partial charge in [-0.05, 0) is 25.5 Å². The van der Waals surface area contributed by atoms with E-state index >= 15 is 0 Å². The van der Waals surface area contributed by atoms with E-state index in [2.05, 4.69) is 5.32 Å². The predicted octanol–water partition coefficient (Wildman–Crippen LogP) is 2.30. The van der Waals surface area contributed by atoms with E-state index in [0.29, 0.717) is 6.42 Å². The summed E-state index contributed by atoms with van der Waals surface area (Å²) < 4.78 is 25.9. The molecule has 108 valence electrons. The molecule has 0 bridgehead atoms. The SMILES string of the molecule is CCC(C)N1C(=O)CC(Nc2ccc(F)c(F)c2)C1=O. The van der Waals surface area contributed by atoms with Crippen molar-refractivity contribution < 1.29 is 18.4 Å². The Morgan fingerprint density at radius 3 is 2.65 bits per heavy atom. The van der Waals surface area contributed by atoms with E-state index in [1.807, 2.05) is 6.92 Å². The first-order valence-electron chi connectivity index (χ1n) is 6.51. The Bertz CT molecular complexity index is 548. The number of carbonyl (C=O) groups excluding carboxylic acids is 2. The number of nitrogens with one attached hydrogen (secondary N) is 1. The lowest BCUT2D eigenvalue weighted by molar-refractivity contribution is -0.140. The molecule has 2 unspecified atom stereocenters. The molecule has 0 saturated carbocycles. The van der Waals surface area contributed by atoms with Gasteiger partial charge in [0, 0.05) is 17.8 Å². The molecule has 1 saturated heterocycles. The Hall–Kier alpha value is -1.98. The van der Waals surface area contributed by atoms with E-state index in [4.69, 9.17) is 0 Å². The van der Waals surface area contributed by atoms with Gasteiger partial charge in [-0.15, -0.1) is 0 Å². The highest BCUT2D eigenvalue weighted by atomic mass is 19.2. The van der Waals surface area contributed by atoms with Crippen molar-refractivity contribution in [3.05, 3.63) is 29.8 Å². The summed E-state index contributed by atoms with van der Waals surface area (Å²) in [4.78, 5) is 25.2. The maximum atomic E-state index is 13.1. The Labute approximate surface area is 115 Å². The van der Waals surface area contributed by atoms with Gasteiger partial charge in [0.15, 0.2) is 11.6 Å². The molecule has 1 heterocycles. The fourth-order valence-electron chi connectivity index (χ4n) is 2.20. The largest absolute Gasteiger partial charge is 0.373 e. The molecule has 1 aromatic rings. The average Bonchev–Trinajstić information content (AvgIpc) is 2.68. The van der Waals surface area contributed by atoms with E-state index < -0.39 is 17.7 Å². The first-order valence-corrected chi connectivity index (χ1v) is 6.51. The minimum Gasteiger partial charge on any atom is -0.373 e. The molecule has 2 atom stereocenters. The van der Waals surface area contributed by atoms with Crippen molar-refractivity contribution in [2.75, 3.05) is 5.32 Å². The molecular formula is C14H16F2N2O2. The lowest BCUT2D eigenvalue weighted by atomic mass is 10.2. The number of halogens is 2. The Morgan fingerprint density at radius 2 is 2.05 bits per heavy atom. The summed E-state index contributed by atoms with van der Waals surface area (Å²) in [7, 11) is 0. The van der Waals surface area contributed by atoms with Crippen molar-refractivity contribution in [1.29, 1.82) is 0 Å². The average molecular weight is 282 g/mol. The smallest absolute Gasteiger partial charge is 0.252 e. The number of nitrogens with zero attached hydrogens (tertiary/aromatic N) is 1. The van der Waals surface area contributed by atoms with Gasteiger partial charge in [-0.2, -0.15) is 0 Å². The lowest BCUT2D eigenvalue weighted by Crippen LogP contribution is -2.40. The fourth-order valence-corrected chi connectivity index (χ4v) is 2.20. The molecule has 0 aromatic heterocycles. The van der Waals surface area contributed by atoms with Crippen LogP contribution in [0, 0.1) is 11.6 Å². The normalized spacial score (nSPS) is 20.4. The van der Waals surface area contributed by atoms with Crippen molar-refractivity contribution in [3.8, 4) is 0 Å². The Morgan fingerprint density at radius 1 is 1.35 bits per heavy atom. The summed E-state index contributed by atoms with van der Waals surface area (Å²) in [5.74, 6) is -2.52. The van der Waals surface area contributed by atoms with Gasteiger partial charge in [0.25, 0.3) is 5.91 Å². The molecule has 1 fully saturated rings. The summed E-state index contributed by atoms with van der Waals surface area (Å²) in [6.07, 6.45) is 0.706. The number of rotatable bonds is 4. The molecule has 0 radical (unpaired) electrons. The van der Waals surface area contributed by atoms with Gasteiger partial charge < -0.3 is 5.32 Å². The fraction of sp³-hybridized carbons (Fsp3) is 0.429. The van der Waals surface area contributed by atoms with Crippen LogP contribution in [0.4, 0.5) is 14.5 Å². The van der Waals surface area contributed by atoms with Gasteiger partial charge in [-0.3, -0.25) is 14.5 Å². The third-order valence-electron chi connectivity index (χ3n) is 3.48. The molecule has 0 spiro atoms. The van der Waals surface area contributed by atoms with Gasteiger partial charge in [0.2, 0.25) is 5.91 Å². The zero-order chi connectivity index (χ0) is 14.9. The van der Waals surface area contributed by atoms with Crippen molar-refractivity contribution in [1.82, 2.24) is 4.90 Å². The van der Waals surface area contributed by atoms with Gasteiger partial charge >= 0.3 is 0 Å². The van der Waals surface area contributed by atoms with Crippen LogP contribution in [0.1, 0.15) is 26.7 Å². The summed E-state index contributed by atoms with van der Waals surface area (Å²) in [5.41, 5.74) is 0.279. The van der Waals surface area contributed by atoms with Gasteiger partial charge in [-0.25, -0.2) is 8.78 Å². The predicted molar refractivity (Wildman–Crippen MR) is 70.0 cm³/mol. The number of hydrogen-bond donors (Lipinski definition) is 1. The third kappa shape index (κ3) is 2.64. The van der Waals surface area contributed by atoms with Crippen LogP contribution in [0.15, 0.2) is 18.2 Å². The Kier molecular flexibility index (Phi) is 4.01. The zero-order valence-electron chi connectivity index (χ0n) is 11.3. The van der Waals surface area contributed by atoms with Crippen LogP contribution in [-0.2, 0) is 9.59 Å². The zero-order valence-corrected chi connectivity index (χ0v) is 11.3. The number of imide groups is 1. The molecule has 1 aliphatic rings. The number of amides is 2. The Balaban J connectivity index is 2.13. The first-order chi connectivity index (χ1) is 9.43. The molecule has 2 rings (SSSR count). The molecule has 1 aromatic carbocycles. The van der Waals surface area contributed by atoms with Crippen molar-refractivity contribution in [2.24, 2.45) is 0 Å². The molecule has 1 N–H and O–H groups in total. The standard InChI is InChI=1S/C14H16F2N2O2/c1-3-8(2)18-13(19)7-12(14(18)20)17-9-4-5-10(15)11(16)6-9/h4-6,8,12,17H,3,7H2,1-2H3. The highest BCUT2D eigenvalue weighted by Gasteiger charge is 2.40. The minimum absolute atomic E-state index is 0.0299. The van der Waals surface area contributed by atoms with Crippen LogP contribution in [-0.4, -0.2) is 28.8 Å². The quantitative estimate of drug-likeness (QED) is 0.862. The lowest BCUT2D eigenvalue weighted by Gasteiger charge is -2.21. The maximum Gasteiger partial charge on any atom is 0.252 e. The second-order valence-corrected chi connectivity index (χ2v) is 4.89. The molecule has 2 amide bonds. The van der Waals surface area contributed by atoms with Gasteiger partial charge in [-0.1, -0.05) is 6.92 Å². The summed E-state index contributed by atoms with van der Waals surface area (Å²) >= 11 is 0. The van der Waals surface area contributed by atoms with Crippen LogP contribution < -0.4 is 5.32 Å². The van der Waals surface area contributed by atoms with Crippen LogP contribution in [0.5, 0.6) is 0 Å². The highest BCUT2D eigenvalue weighted by molar-refractivity contribution is 6.07. The number of carbonyl (C=O) groups is 2. The first kappa shape index (κ1) is 14.4. The summed E-state index contributed by atoms with van der Waals surface area (Å²) in [6, 6.07) is 2.40. The summed E-state index contributed by atoms with van der Waals surface area (Å²) in [6.45, 7) is 3.69. The molecule has 6 heteroatoms.